The standard InChI is InChI=1S/C38H60N2/c1-7-13-15-17-19-21-23-37(39-35-27-25-31(9-3)33(11-5)29-35)38(24-22-20-18-16-14-8-2)40-36-28-26-32(10-4)34(12-6)30-36/h25-30H,7-24H2,1-6H3. The first-order valence-electron chi connectivity index (χ1n) is 17.0. The van der Waals surface area contributed by atoms with Crippen LogP contribution < -0.4 is 0 Å². The maximum atomic E-state index is 5.36. The van der Waals surface area contributed by atoms with Crippen LogP contribution in [-0.4, -0.2) is 11.4 Å². The molecule has 0 aliphatic carbocycles. The zero-order valence-corrected chi connectivity index (χ0v) is 27.1. The number of hydrogen-bond donors (Lipinski definition) is 0. The Kier molecular flexibility index (Phi) is 17.5. The first kappa shape index (κ1) is 34.0. The van der Waals surface area contributed by atoms with Gasteiger partial charge < -0.3 is 0 Å². The molecule has 0 amide bonds. The maximum absolute atomic E-state index is 5.36. The number of nitrogens with zero attached hydrogens (tertiary/aromatic N) is 2. The lowest BCUT2D eigenvalue weighted by molar-refractivity contribution is 0.613. The van der Waals surface area contributed by atoms with Crippen LogP contribution in [-0.2, 0) is 25.7 Å². The van der Waals surface area contributed by atoms with Gasteiger partial charge in [0.05, 0.1) is 22.8 Å². The Balaban J connectivity index is 2.43. The van der Waals surface area contributed by atoms with Crippen molar-refractivity contribution in [2.75, 3.05) is 0 Å². The van der Waals surface area contributed by atoms with Gasteiger partial charge in [-0.05, 0) is 97.9 Å². The third-order valence-corrected chi connectivity index (χ3v) is 8.30. The fourth-order valence-corrected chi connectivity index (χ4v) is 5.70. The van der Waals surface area contributed by atoms with Crippen molar-refractivity contribution in [3.63, 3.8) is 0 Å². The third-order valence-electron chi connectivity index (χ3n) is 8.30. The van der Waals surface area contributed by atoms with Crippen LogP contribution in [0, 0.1) is 0 Å². The quantitative estimate of drug-likeness (QED) is 0.110. The molecule has 0 atom stereocenters. The van der Waals surface area contributed by atoms with Crippen molar-refractivity contribution >= 4 is 22.8 Å². The molecule has 0 radical (unpaired) electrons. The van der Waals surface area contributed by atoms with Gasteiger partial charge in [0.15, 0.2) is 0 Å². The average Bonchev–Trinajstić information content (AvgIpc) is 2.99. The fraction of sp³-hybridized carbons (Fsp3) is 0.632. The Bertz CT molecular complexity index is 946. The highest BCUT2D eigenvalue weighted by atomic mass is 14.8. The minimum absolute atomic E-state index is 1.02. The molecule has 2 heteroatoms. The van der Waals surface area contributed by atoms with E-state index >= 15 is 0 Å². The van der Waals surface area contributed by atoms with Crippen LogP contribution in [0.15, 0.2) is 46.4 Å². The first-order chi connectivity index (χ1) is 19.6. The largest absolute Gasteiger partial charge is 0.252 e. The summed E-state index contributed by atoms with van der Waals surface area (Å²) in [4.78, 5) is 10.7. The molecule has 0 fully saturated rings. The highest BCUT2D eigenvalue weighted by Gasteiger charge is 2.12. The van der Waals surface area contributed by atoms with Crippen molar-refractivity contribution < 1.29 is 0 Å². The van der Waals surface area contributed by atoms with Crippen LogP contribution in [0.1, 0.15) is 154 Å². The van der Waals surface area contributed by atoms with Crippen molar-refractivity contribution in [3.05, 3.63) is 58.7 Å². The molecule has 2 aromatic rings. The Morgan fingerprint density at radius 1 is 0.425 bits per heavy atom. The lowest BCUT2D eigenvalue weighted by Gasteiger charge is -2.14. The van der Waals surface area contributed by atoms with Crippen LogP contribution in [0.25, 0.3) is 0 Å². The van der Waals surface area contributed by atoms with Gasteiger partial charge in [0, 0.05) is 0 Å². The molecule has 40 heavy (non-hydrogen) atoms. The summed E-state index contributed by atoms with van der Waals surface area (Å²) in [5.74, 6) is 0. The van der Waals surface area contributed by atoms with Crippen LogP contribution in [0.5, 0.6) is 0 Å². The second-order valence-corrected chi connectivity index (χ2v) is 11.5. The van der Waals surface area contributed by atoms with Crippen LogP contribution in [0.3, 0.4) is 0 Å². The minimum Gasteiger partial charge on any atom is -0.252 e. The number of unbranched alkanes of at least 4 members (excludes halogenated alkanes) is 10. The molecule has 2 rings (SSSR count). The Labute approximate surface area is 248 Å². The van der Waals surface area contributed by atoms with E-state index < -0.39 is 0 Å². The third kappa shape index (κ3) is 12.1. The highest BCUT2D eigenvalue weighted by molar-refractivity contribution is 6.43. The molecule has 0 aromatic heterocycles. The van der Waals surface area contributed by atoms with E-state index in [1.807, 2.05) is 0 Å². The van der Waals surface area contributed by atoms with Crippen molar-refractivity contribution in [1.82, 2.24) is 0 Å². The van der Waals surface area contributed by atoms with E-state index in [0.717, 1.165) is 49.9 Å². The van der Waals surface area contributed by atoms with Gasteiger partial charge >= 0.3 is 0 Å². The van der Waals surface area contributed by atoms with E-state index in [1.165, 1.54) is 111 Å². The molecule has 0 spiro atoms. The second-order valence-electron chi connectivity index (χ2n) is 11.5. The van der Waals surface area contributed by atoms with E-state index in [2.05, 4.69) is 77.9 Å². The van der Waals surface area contributed by atoms with Gasteiger partial charge in [-0.1, -0.05) is 118 Å². The topological polar surface area (TPSA) is 24.7 Å². The average molecular weight is 545 g/mol. The predicted octanol–water partition coefficient (Wildman–Crippen LogP) is 12.3. The summed E-state index contributed by atoms with van der Waals surface area (Å²) in [5, 5.41) is 0. The van der Waals surface area contributed by atoms with Gasteiger partial charge in [0.2, 0.25) is 0 Å². The molecule has 2 aromatic carbocycles. The van der Waals surface area contributed by atoms with E-state index in [9.17, 15) is 0 Å². The van der Waals surface area contributed by atoms with Crippen molar-refractivity contribution in [2.45, 2.75) is 157 Å². The number of rotatable bonds is 21. The summed E-state index contributed by atoms with van der Waals surface area (Å²) in [6, 6.07) is 13.7. The molecule has 222 valence electrons. The van der Waals surface area contributed by atoms with Crippen molar-refractivity contribution in [1.29, 1.82) is 0 Å². The molecular weight excluding hydrogens is 484 g/mol. The normalized spacial score (nSPS) is 12.3. The molecule has 0 N–H and O–H groups in total. The van der Waals surface area contributed by atoms with Gasteiger partial charge in [-0.3, -0.25) is 9.98 Å². The van der Waals surface area contributed by atoms with Crippen molar-refractivity contribution in [3.8, 4) is 0 Å². The first-order valence-corrected chi connectivity index (χ1v) is 17.0. The molecular formula is C38H60N2. The van der Waals surface area contributed by atoms with Crippen LogP contribution >= 0.6 is 0 Å². The number of aliphatic imine (C=N–C) groups is 2. The van der Waals surface area contributed by atoms with Gasteiger partial charge in [0.25, 0.3) is 0 Å². The molecule has 2 nitrogen and oxygen atoms in total. The van der Waals surface area contributed by atoms with Crippen LogP contribution in [0.4, 0.5) is 11.4 Å². The monoisotopic (exact) mass is 544 g/mol. The molecule has 0 unspecified atom stereocenters. The second kappa shape index (κ2) is 20.6. The Morgan fingerprint density at radius 3 is 1.12 bits per heavy atom. The summed E-state index contributed by atoms with van der Waals surface area (Å²) >= 11 is 0. The predicted molar refractivity (Wildman–Crippen MR) is 181 cm³/mol. The molecule has 0 saturated carbocycles. The van der Waals surface area contributed by atoms with E-state index in [-0.39, 0.29) is 0 Å². The minimum atomic E-state index is 1.02. The smallest absolute Gasteiger partial charge is 0.0636 e. The summed E-state index contributed by atoms with van der Waals surface area (Å²) < 4.78 is 0. The summed E-state index contributed by atoms with van der Waals surface area (Å²) in [5.41, 5.74) is 10.4. The molecule has 0 aliphatic heterocycles. The van der Waals surface area contributed by atoms with Gasteiger partial charge in [0.1, 0.15) is 0 Å². The Morgan fingerprint density at radius 2 is 0.775 bits per heavy atom. The van der Waals surface area contributed by atoms with Gasteiger partial charge in [-0.2, -0.15) is 0 Å². The fourth-order valence-electron chi connectivity index (χ4n) is 5.70. The van der Waals surface area contributed by atoms with Gasteiger partial charge in [-0.15, -0.1) is 0 Å². The zero-order valence-electron chi connectivity index (χ0n) is 27.1. The number of aryl methyl sites for hydroxylation is 4. The summed E-state index contributed by atoms with van der Waals surface area (Å²) in [6.45, 7) is 13.6. The van der Waals surface area contributed by atoms with E-state index in [4.69, 9.17) is 9.98 Å². The molecule has 0 aliphatic rings. The van der Waals surface area contributed by atoms with E-state index in [0.29, 0.717) is 0 Å². The van der Waals surface area contributed by atoms with E-state index in [1.54, 1.807) is 0 Å². The zero-order chi connectivity index (χ0) is 29.0. The lowest BCUT2D eigenvalue weighted by Crippen LogP contribution is -2.14. The summed E-state index contributed by atoms with van der Waals surface area (Å²) in [7, 11) is 0. The van der Waals surface area contributed by atoms with Crippen molar-refractivity contribution in [2.24, 2.45) is 9.98 Å². The van der Waals surface area contributed by atoms with Crippen LogP contribution in [0.2, 0.25) is 0 Å². The molecule has 0 bridgehead atoms. The molecule has 0 heterocycles. The highest BCUT2D eigenvalue weighted by Crippen LogP contribution is 2.25. The lowest BCUT2D eigenvalue weighted by atomic mass is 9.99. The Hall–Kier alpha value is -2.22. The summed E-state index contributed by atoms with van der Waals surface area (Å²) in [6.07, 6.45) is 21.9. The maximum Gasteiger partial charge on any atom is 0.0636 e. The van der Waals surface area contributed by atoms with Gasteiger partial charge in [-0.25, -0.2) is 0 Å². The number of hydrogen-bond acceptors (Lipinski definition) is 2. The number of benzene rings is 2. The molecule has 0 saturated heterocycles. The SMILES string of the molecule is CCCCCCCCC(=Nc1ccc(CC)c(CC)c1)C(CCCCCCCC)=Nc1ccc(CC)c(CC)c1.